The Labute approximate surface area is 179 Å². The van der Waals surface area contributed by atoms with E-state index in [0.29, 0.717) is 23.0 Å². The van der Waals surface area contributed by atoms with Crippen LogP contribution in [-0.4, -0.2) is 41.4 Å². The molecule has 1 atom stereocenters. The Morgan fingerprint density at radius 3 is 2.65 bits per heavy atom. The molecule has 10 heteroatoms. The van der Waals surface area contributed by atoms with Gasteiger partial charge >= 0.3 is 0 Å². The molecule has 2 aliphatic rings. The highest BCUT2D eigenvalue weighted by atomic mass is 32.2. The number of carbonyl (C=O) groups is 1. The van der Waals surface area contributed by atoms with E-state index < -0.39 is 16.1 Å². The fourth-order valence-electron chi connectivity index (χ4n) is 3.37. The Hall–Kier alpha value is -3.53. The number of amides is 1. The van der Waals surface area contributed by atoms with Crippen LogP contribution in [0.25, 0.3) is 11.4 Å². The lowest BCUT2D eigenvalue weighted by Crippen LogP contribution is -2.28. The van der Waals surface area contributed by atoms with Crippen molar-refractivity contribution >= 4 is 27.5 Å². The van der Waals surface area contributed by atoms with Crippen LogP contribution in [0.3, 0.4) is 0 Å². The van der Waals surface area contributed by atoms with E-state index in [2.05, 4.69) is 30.2 Å². The van der Waals surface area contributed by atoms with Gasteiger partial charge in [0.05, 0.1) is 4.90 Å². The average Bonchev–Trinajstić information content (AvgIpc) is 3.43. The lowest BCUT2D eigenvalue weighted by molar-refractivity contribution is -0.117. The molecule has 1 amide bonds. The monoisotopic (exact) mass is 436 g/mol. The summed E-state index contributed by atoms with van der Waals surface area (Å²) < 4.78 is 26.8. The lowest BCUT2D eigenvalue weighted by atomic mass is 10.2. The predicted octanol–water partition coefficient (Wildman–Crippen LogP) is 2.41. The first-order valence-corrected chi connectivity index (χ1v) is 11.4. The quantitative estimate of drug-likeness (QED) is 0.566. The summed E-state index contributed by atoms with van der Waals surface area (Å²) in [5.74, 6) is 1.87. The number of amidine groups is 1. The Kier molecular flexibility index (Phi) is 4.58. The molecule has 1 aromatic heterocycles. The summed E-state index contributed by atoms with van der Waals surface area (Å²) in [6.45, 7) is 1.61. The molecule has 0 spiro atoms. The molecule has 5 rings (SSSR count). The molecular weight excluding hydrogens is 416 g/mol. The number of aliphatic imine (C=N–C) groups is 1. The van der Waals surface area contributed by atoms with Gasteiger partial charge in [-0.2, -0.15) is 5.10 Å². The summed E-state index contributed by atoms with van der Waals surface area (Å²) in [4.78, 5) is 21.6. The molecule has 0 saturated heterocycles. The molecule has 1 fully saturated rings. The summed E-state index contributed by atoms with van der Waals surface area (Å²) >= 11 is 0. The van der Waals surface area contributed by atoms with Gasteiger partial charge in [0.25, 0.3) is 10.0 Å². The van der Waals surface area contributed by atoms with Gasteiger partial charge in [-0.15, -0.1) is 0 Å². The Morgan fingerprint density at radius 1 is 1.16 bits per heavy atom. The normalized spacial score (nSPS) is 18.9. The van der Waals surface area contributed by atoms with Crippen LogP contribution in [0.15, 0.2) is 58.4 Å². The van der Waals surface area contributed by atoms with E-state index in [-0.39, 0.29) is 16.6 Å². The lowest BCUT2D eigenvalue weighted by Gasteiger charge is -2.10. The van der Waals surface area contributed by atoms with Gasteiger partial charge in [0.15, 0.2) is 5.82 Å². The summed E-state index contributed by atoms with van der Waals surface area (Å²) in [5.41, 5.74) is 1.92. The van der Waals surface area contributed by atoms with Crippen molar-refractivity contribution in [3.05, 3.63) is 59.9 Å². The minimum absolute atomic E-state index is 0.161. The Balaban J connectivity index is 1.28. The average molecular weight is 436 g/mol. The van der Waals surface area contributed by atoms with Crippen LogP contribution < -0.4 is 10.0 Å². The van der Waals surface area contributed by atoms with E-state index in [1.54, 1.807) is 37.3 Å². The van der Waals surface area contributed by atoms with E-state index in [4.69, 9.17) is 0 Å². The molecule has 31 heavy (non-hydrogen) atoms. The van der Waals surface area contributed by atoms with Crippen LogP contribution in [0.2, 0.25) is 0 Å². The molecule has 1 saturated carbocycles. The van der Waals surface area contributed by atoms with Crippen molar-refractivity contribution in [1.82, 2.24) is 19.9 Å². The van der Waals surface area contributed by atoms with Crippen LogP contribution in [0.4, 0.5) is 5.69 Å². The number of hydrogen-bond acceptors (Lipinski definition) is 6. The fraction of sp³-hybridized carbons (Fsp3) is 0.238. The van der Waals surface area contributed by atoms with E-state index in [0.717, 1.165) is 24.2 Å². The molecule has 3 aromatic rings. The molecular formula is C21H20N6O3S. The number of hydrogen-bond donors (Lipinski definition) is 3. The number of carbonyl (C=O) groups excluding carboxylic acids is 1. The zero-order valence-corrected chi connectivity index (χ0v) is 17.5. The number of rotatable bonds is 5. The third kappa shape index (κ3) is 3.81. The summed E-state index contributed by atoms with van der Waals surface area (Å²) in [6, 6.07) is 13.0. The molecule has 1 aliphatic heterocycles. The highest BCUT2D eigenvalue weighted by Crippen LogP contribution is 2.38. The molecule has 3 N–H and O–H groups in total. The zero-order chi connectivity index (χ0) is 21.6. The number of H-pyrrole nitrogens is 1. The maximum atomic E-state index is 12.6. The molecule has 2 heterocycles. The van der Waals surface area contributed by atoms with Crippen molar-refractivity contribution < 1.29 is 13.2 Å². The van der Waals surface area contributed by atoms with Gasteiger partial charge in [-0.05, 0) is 56.2 Å². The minimum Gasteiger partial charge on any atom is -0.324 e. The number of aromatic nitrogens is 3. The van der Waals surface area contributed by atoms with Gasteiger partial charge in [-0.1, -0.05) is 12.1 Å². The standard InChI is InChI=1S/C21H20N6O3S/c1-12(22-20-16-4-2-3-5-17(16)31(29,30)27-20)21(28)23-15-10-8-14(9-11-15)19-24-18(25-26-19)13-6-7-13/h2-5,8-13H,6-7H2,1H3,(H,22,27)(H,23,28)(H,24,25,26)/t12-/m0/s1. The second-order valence-corrected chi connectivity index (χ2v) is 9.29. The number of anilines is 1. The van der Waals surface area contributed by atoms with Crippen LogP contribution in [0, 0.1) is 0 Å². The fourth-order valence-corrected chi connectivity index (χ4v) is 4.61. The largest absolute Gasteiger partial charge is 0.324 e. The van der Waals surface area contributed by atoms with Crippen molar-refractivity contribution in [2.45, 2.75) is 36.6 Å². The van der Waals surface area contributed by atoms with Gasteiger partial charge in [0, 0.05) is 22.7 Å². The first kappa shape index (κ1) is 19.4. The highest BCUT2D eigenvalue weighted by Gasteiger charge is 2.31. The zero-order valence-electron chi connectivity index (χ0n) is 16.7. The van der Waals surface area contributed by atoms with E-state index in [1.807, 2.05) is 12.1 Å². The van der Waals surface area contributed by atoms with Crippen LogP contribution in [-0.2, 0) is 14.8 Å². The molecule has 1 aliphatic carbocycles. The SMILES string of the molecule is C[C@H](N=C1NS(=O)(=O)c2ccccc21)C(=O)Nc1ccc(-c2n[nH]c(C3CC3)n2)cc1. The summed E-state index contributed by atoms with van der Waals surface area (Å²) in [6.07, 6.45) is 2.30. The summed E-state index contributed by atoms with van der Waals surface area (Å²) in [7, 11) is -3.64. The van der Waals surface area contributed by atoms with Crippen LogP contribution >= 0.6 is 0 Å². The van der Waals surface area contributed by atoms with E-state index >= 15 is 0 Å². The predicted molar refractivity (Wildman–Crippen MR) is 115 cm³/mol. The number of aromatic amines is 1. The smallest absolute Gasteiger partial charge is 0.263 e. The number of sulfonamides is 1. The van der Waals surface area contributed by atoms with Crippen molar-refractivity contribution in [2.75, 3.05) is 5.32 Å². The number of benzene rings is 2. The first-order chi connectivity index (χ1) is 14.9. The molecule has 0 unspecified atom stereocenters. The Morgan fingerprint density at radius 2 is 1.90 bits per heavy atom. The topological polar surface area (TPSA) is 129 Å². The van der Waals surface area contributed by atoms with Gasteiger partial charge < -0.3 is 5.32 Å². The Bertz CT molecular complexity index is 1290. The third-order valence-electron chi connectivity index (χ3n) is 5.24. The number of nitrogens with zero attached hydrogens (tertiary/aromatic N) is 3. The second-order valence-electron chi connectivity index (χ2n) is 7.64. The third-order valence-corrected chi connectivity index (χ3v) is 6.64. The second kappa shape index (κ2) is 7.31. The van der Waals surface area contributed by atoms with Crippen LogP contribution in [0.1, 0.15) is 37.1 Å². The molecule has 2 aromatic carbocycles. The van der Waals surface area contributed by atoms with Crippen molar-refractivity contribution in [3.63, 3.8) is 0 Å². The first-order valence-electron chi connectivity index (χ1n) is 9.94. The molecule has 0 bridgehead atoms. The minimum atomic E-state index is -3.64. The maximum absolute atomic E-state index is 12.6. The maximum Gasteiger partial charge on any atom is 0.263 e. The van der Waals surface area contributed by atoms with Gasteiger partial charge in [-0.25, -0.2) is 13.4 Å². The molecule has 9 nitrogen and oxygen atoms in total. The number of nitrogens with one attached hydrogen (secondary N) is 3. The van der Waals surface area contributed by atoms with Crippen molar-refractivity contribution in [2.24, 2.45) is 4.99 Å². The van der Waals surface area contributed by atoms with E-state index in [9.17, 15) is 13.2 Å². The molecule has 0 radical (unpaired) electrons. The number of fused-ring (bicyclic) bond motifs is 1. The van der Waals surface area contributed by atoms with Gasteiger partial charge in [0.2, 0.25) is 5.91 Å². The van der Waals surface area contributed by atoms with Gasteiger partial charge in [-0.3, -0.25) is 19.6 Å². The highest BCUT2D eigenvalue weighted by molar-refractivity contribution is 7.90. The summed E-state index contributed by atoms with van der Waals surface area (Å²) in [5, 5.41) is 10.0. The van der Waals surface area contributed by atoms with Crippen molar-refractivity contribution in [1.29, 1.82) is 0 Å². The van der Waals surface area contributed by atoms with Crippen LogP contribution in [0.5, 0.6) is 0 Å². The molecule has 158 valence electrons. The van der Waals surface area contributed by atoms with Gasteiger partial charge in [0.1, 0.15) is 17.7 Å². The van der Waals surface area contributed by atoms with E-state index in [1.165, 1.54) is 6.07 Å². The van der Waals surface area contributed by atoms with Crippen molar-refractivity contribution in [3.8, 4) is 11.4 Å².